The molecule has 1 aliphatic rings. The van der Waals surface area contributed by atoms with Crippen LogP contribution in [0.3, 0.4) is 0 Å². The highest BCUT2D eigenvalue weighted by molar-refractivity contribution is 7.92. The molecule has 33 heavy (non-hydrogen) atoms. The molecule has 0 aromatic heterocycles. The summed E-state index contributed by atoms with van der Waals surface area (Å²) in [6.07, 6.45) is 0.767. The summed E-state index contributed by atoms with van der Waals surface area (Å²) in [5.41, 5.74) is 3.03. The van der Waals surface area contributed by atoms with Crippen molar-refractivity contribution in [3.05, 3.63) is 95.6 Å². The molecular formula is C25H24N2O5S. The second-order valence-corrected chi connectivity index (χ2v) is 9.71. The molecule has 0 aliphatic carbocycles. The van der Waals surface area contributed by atoms with E-state index in [1.807, 2.05) is 18.2 Å². The number of fused-ring (bicyclic) bond motifs is 1. The van der Waals surface area contributed by atoms with Gasteiger partial charge in [0.25, 0.3) is 15.9 Å². The largest absolute Gasteiger partial charge is 0.452 e. The van der Waals surface area contributed by atoms with Crippen molar-refractivity contribution in [1.29, 1.82) is 0 Å². The summed E-state index contributed by atoms with van der Waals surface area (Å²) in [5.74, 6) is -0.942. The molecule has 1 heterocycles. The molecule has 0 radical (unpaired) electrons. The van der Waals surface area contributed by atoms with E-state index in [4.69, 9.17) is 4.74 Å². The van der Waals surface area contributed by atoms with Gasteiger partial charge in [-0.1, -0.05) is 42.5 Å². The van der Waals surface area contributed by atoms with Gasteiger partial charge in [0.2, 0.25) is 0 Å². The number of hydrogen-bond donors (Lipinski definition) is 0. The van der Waals surface area contributed by atoms with Crippen molar-refractivity contribution in [3.8, 4) is 0 Å². The molecule has 8 heteroatoms. The van der Waals surface area contributed by atoms with Gasteiger partial charge in [-0.05, 0) is 53.9 Å². The first-order chi connectivity index (χ1) is 15.9. The minimum Gasteiger partial charge on any atom is -0.452 e. The van der Waals surface area contributed by atoms with Crippen LogP contribution in [0.15, 0.2) is 83.8 Å². The smallest absolute Gasteiger partial charge is 0.338 e. The Morgan fingerprint density at radius 1 is 0.909 bits per heavy atom. The number of rotatable bonds is 6. The fraction of sp³-hybridized carbons (Fsp3) is 0.200. The van der Waals surface area contributed by atoms with Crippen LogP contribution in [0.5, 0.6) is 0 Å². The number of esters is 1. The number of hydrogen-bond acceptors (Lipinski definition) is 5. The van der Waals surface area contributed by atoms with Crippen molar-refractivity contribution in [1.82, 2.24) is 4.90 Å². The SMILES string of the molecule is CN(c1ccccc1)S(=O)(=O)c1ccc(C(=O)OCC(=O)N2CCc3ccccc3C2)cc1. The molecule has 0 atom stereocenters. The van der Waals surface area contributed by atoms with Gasteiger partial charge in [0, 0.05) is 20.1 Å². The molecule has 0 spiro atoms. The van der Waals surface area contributed by atoms with Crippen LogP contribution in [0.2, 0.25) is 0 Å². The quantitative estimate of drug-likeness (QED) is 0.523. The monoisotopic (exact) mass is 464 g/mol. The van der Waals surface area contributed by atoms with Gasteiger partial charge in [0.15, 0.2) is 6.61 Å². The second kappa shape index (κ2) is 9.46. The van der Waals surface area contributed by atoms with Crippen LogP contribution >= 0.6 is 0 Å². The van der Waals surface area contributed by atoms with Crippen LogP contribution < -0.4 is 4.31 Å². The van der Waals surface area contributed by atoms with E-state index < -0.39 is 16.0 Å². The van der Waals surface area contributed by atoms with Crippen LogP contribution in [0, 0.1) is 0 Å². The fourth-order valence-corrected chi connectivity index (χ4v) is 4.90. The lowest BCUT2D eigenvalue weighted by Gasteiger charge is -2.28. The number of benzene rings is 3. The number of carbonyl (C=O) groups is 2. The van der Waals surface area contributed by atoms with Crippen molar-refractivity contribution in [2.24, 2.45) is 0 Å². The number of para-hydroxylation sites is 1. The first kappa shape index (κ1) is 22.5. The fourth-order valence-electron chi connectivity index (χ4n) is 3.71. The maximum Gasteiger partial charge on any atom is 0.338 e. The molecule has 3 aromatic carbocycles. The summed E-state index contributed by atoms with van der Waals surface area (Å²) in [7, 11) is -2.31. The molecule has 3 aromatic rings. The third kappa shape index (κ3) is 4.90. The second-order valence-electron chi connectivity index (χ2n) is 7.74. The van der Waals surface area contributed by atoms with E-state index in [0.29, 0.717) is 18.8 Å². The highest BCUT2D eigenvalue weighted by Crippen LogP contribution is 2.22. The normalized spacial score (nSPS) is 13.2. The van der Waals surface area contributed by atoms with Gasteiger partial charge in [-0.25, -0.2) is 13.2 Å². The zero-order chi connectivity index (χ0) is 23.4. The topological polar surface area (TPSA) is 84.0 Å². The van der Waals surface area contributed by atoms with Crippen LogP contribution in [0.4, 0.5) is 5.69 Å². The van der Waals surface area contributed by atoms with E-state index in [9.17, 15) is 18.0 Å². The number of amides is 1. The Morgan fingerprint density at radius 3 is 2.24 bits per heavy atom. The Morgan fingerprint density at radius 2 is 1.55 bits per heavy atom. The summed E-state index contributed by atoms with van der Waals surface area (Å²) in [5, 5.41) is 0. The molecule has 0 saturated carbocycles. The van der Waals surface area contributed by atoms with Crippen LogP contribution in [-0.2, 0) is 32.5 Å². The zero-order valence-corrected chi connectivity index (χ0v) is 19.0. The molecule has 0 bridgehead atoms. The molecule has 4 rings (SSSR count). The van der Waals surface area contributed by atoms with Gasteiger partial charge in [-0.3, -0.25) is 9.10 Å². The maximum atomic E-state index is 12.9. The third-order valence-corrected chi connectivity index (χ3v) is 7.48. The summed E-state index contributed by atoms with van der Waals surface area (Å²) in [4.78, 5) is 26.6. The highest BCUT2D eigenvalue weighted by atomic mass is 32.2. The Kier molecular flexibility index (Phi) is 6.46. The Bertz CT molecular complexity index is 1260. The third-order valence-electron chi connectivity index (χ3n) is 5.68. The van der Waals surface area contributed by atoms with Crippen LogP contribution in [-0.4, -0.2) is 45.4 Å². The molecule has 0 saturated heterocycles. The minimum absolute atomic E-state index is 0.0495. The molecule has 170 valence electrons. The van der Waals surface area contributed by atoms with Gasteiger partial charge in [0.05, 0.1) is 16.1 Å². The van der Waals surface area contributed by atoms with E-state index >= 15 is 0 Å². The lowest BCUT2D eigenvalue weighted by atomic mass is 10.00. The maximum absolute atomic E-state index is 12.9. The molecular weight excluding hydrogens is 440 g/mol. The van der Waals surface area contributed by atoms with Gasteiger partial charge >= 0.3 is 5.97 Å². The number of carbonyl (C=O) groups excluding carboxylic acids is 2. The minimum atomic E-state index is -3.78. The number of sulfonamides is 1. The molecule has 0 fully saturated rings. The van der Waals surface area contributed by atoms with Crippen LogP contribution in [0.25, 0.3) is 0 Å². The predicted molar refractivity (Wildman–Crippen MR) is 124 cm³/mol. The summed E-state index contributed by atoms with van der Waals surface area (Å²) in [6, 6.07) is 22.2. The van der Waals surface area contributed by atoms with E-state index in [0.717, 1.165) is 12.0 Å². The number of nitrogens with zero attached hydrogens (tertiary/aromatic N) is 2. The zero-order valence-electron chi connectivity index (χ0n) is 18.2. The van der Waals surface area contributed by atoms with Crippen molar-refractivity contribution < 1.29 is 22.7 Å². The molecule has 1 amide bonds. The highest BCUT2D eigenvalue weighted by Gasteiger charge is 2.23. The first-order valence-electron chi connectivity index (χ1n) is 10.5. The van der Waals surface area contributed by atoms with Gasteiger partial charge in [-0.2, -0.15) is 0 Å². The van der Waals surface area contributed by atoms with E-state index in [1.54, 1.807) is 35.2 Å². The van der Waals surface area contributed by atoms with Crippen molar-refractivity contribution in [3.63, 3.8) is 0 Å². The van der Waals surface area contributed by atoms with Crippen molar-refractivity contribution in [2.75, 3.05) is 24.5 Å². The van der Waals surface area contributed by atoms with Gasteiger partial charge in [-0.15, -0.1) is 0 Å². The average Bonchev–Trinajstić information content (AvgIpc) is 2.86. The summed E-state index contributed by atoms with van der Waals surface area (Å²) >= 11 is 0. The van der Waals surface area contributed by atoms with Crippen LogP contribution in [0.1, 0.15) is 21.5 Å². The Balaban J connectivity index is 1.36. The standard InChI is InChI=1S/C25H24N2O5S/c1-26(22-9-3-2-4-10-22)33(30,31)23-13-11-20(12-14-23)25(29)32-18-24(28)27-16-15-19-7-5-6-8-21(19)17-27/h2-14H,15-18H2,1H3. The summed E-state index contributed by atoms with van der Waals surface area (Å²) < 4.78 is 32.1. The number of ether oxygens (including phenoxy) is 1. The Hall–Kier alpha value is -3.65. The first-order valence-corrected chi connectivity index (χ1v) is 12.0. The summed E-state index contributed by atoms with van der Waals surface area (Å²) in [6.45, 7) is 0.709. The van der Waals surface area contributed by atoms with Gasteiger partial charge < -0.3 is 9.64 Å². The lowest BCUT2D eigenvalue weighted by Crippen LogP contribution is -2.38. The van der Waals surface area contributed by atoms with E-state index in [-0.39, 0.29) is 23.0 Å². The number of anilines is 1. The molecule has 7 nitrogen and oxygen atoms in total. The van der Waals surface area contributed by atoms with Gasteiger partial charge in [0.1, 0.15) is 0 Å². The molecule has 1 aliphatic heterocycles. The lowest BCUT2D eigenvalue weighted by molar-refractivity contribution is -0.135. The molecule has 0 unspecified atom stereocenters. The van der Waals surface area contributed by atoms with Crippen molar-refractivity contribution in [2.45, 2.75) is 17.9 Å². The molecule has 0 N–H and O–H groups in total. The van der Waals surface area contributed by atoms with E-state index in [2.05, 4.69) is 6.07 Å². The van der Waals surface area contributed by atoms with Crippen molar-refractivity contribution >= 4 is 27.6 Å². The Labute approximate surface area is 193 Å². The predicted octanol–water partition coefficient (Wildman–Crippen LogP) is 3.25. The van der Waals surface area contributed by atoms with E-state index in [1.165, 1.54) is 41.2 Å². The average molecular weight is 465 g/mol.